The van der Waals surface area contributed by atoms with E-state index >= 15 is 0 Å². The van der Waals surface area contributed by atoms with Crippen LogP contribution in [0.5, 0.6) is 0 Å². The van der Waals surface area contributed by atoms with Gasteiger partial charge >= 0.3 is 5.97 Å². The summed E-state index contributed by atoms with van der Waals surface area (Å²) in [6, 6.07) is -0.00842. The van der Waals surface area contributed by atoms with E-state index in [1.807, 2.05) is 13.8 Å². The summed E-state index contributed by atoms with van der Waals surface area (Å²) in [7, 11) is 0. The first-order chi connectivity index (χ1) is 9.45. The maximum atomic E-state index is 12.5. The van der Waals surface area contributed by atoms with Gasteiger partial charge in [0.1, 0.15) is 6.54 Å². The van der Waals surface area contributed by atoms with Crippen LogP contribution in [0.3, 0.4) is 0 Å². The van der Waals surface area contributed by atoms with Gasteiger partial charge in [-0.3, -0.25) is 9.59 Å². The van der Waals surface area contributed by atoms with Gasteiger partial charge in [-0.25, -0.2) is 0 Å². The summed E-state index contributed by atoms with van der Waals surface area (Å²) in [6.45, 7) is 7.94. The number of nitrogens with zero attached hydrogens (tertiary/aromatic N) is 1. The van der Waals surface area contributed by atoms with Crippen LogP contribution in [-0.2, 0) is 14.3 Å². The Hall–Kier alpha value is -1.14. The van der Waals surface area contributed by atoms with Crippen molar-refractivity contribution >= 4 is 11.9 Å². The third-order valence-electron chi connectivity index (χ3n) is 3.28. The molecule has 0 radical (unpaired) electrons. The van der Waals surface area contributed by atoms with Gasteiger partial charge in [-0.1, -0.05) is 20.8 Å². The molecule has 6 nitrogen and oxygen atoms in total. The molecule has 116 valence electrons. The van der Waals surface area contributed by atoms with E-state index in [4.69, 9.17) is 9.84 Å². The molecular formula is C14H26N2O4. The van der Waals surface area contributed by atoms with E-state index in [1.54, 1.807) is 0 Å². The van der Waals surface area contributed by atoms with Gasteiger partial charge in [0.2, 0.25) is 5.91 Å². The lowest BCUT2D eigenvalue weighted by molar-refractivity contribution is -0.147. The van der Waals surface area contributed by atoms with Crippen LogP contribution in [0.15, 0.2) is 0 Å². The second-order valence-electron chi connectivity index (χ2n) is 5.71. The molecule has 1 heterocycles. The van der Waals surface area contributed by atoms with Crippen molar-refractivity contribution in [2.75, 3.05) is 32.8 Å². The number of hydrogen-bond acceptors (Lipinski definition) is 4. The summed E-state index contributed by atoms with van der Waals surface area (Å²) in [5, 5.41) is 12.3. The van der Waals surface area contributed by atoms with Gasteiger partial charge in [0, 0.05) is 12.6 Å². The molecule has 1 aliphatic heterocycles. The Bertz CT molecular complexity index is 333. The largest absolute Gasteiger partial charge is 0.480 e. The third-order valence-corrected chi connectivity index (χ3v) is 3.28. The Morgan fingerprint density at radius 1 is 1.40 bits per heavy atom. The molecule has 0 spiro atoms. The van der Waals surface area contributed by atoms with Crippen molar-refractivity contribution in [2.45, 2.75) is 33.2 Å². The lowest BCUT2D eigenvalue weighted by atomic mass is 10.0. The Morgan fingerprint density at radius 2 is 2.10 bits per heavy atom. The van der Waals surface area contributed by atoms with Crippen molar-refractivity contribution in [3.63, 3.8) is 0 Å². The lowest BCUT2D eigenvalue weighted by Crippen LogP contribution is -2.48. The Balaban J connectivity index is 2.68. The summed E-state index contributed by atoms with van der Waals surface area (Å²) in [5.41, 5.74) is 0. The Morgan fingerprint density at radius 3 is 2.65 bits per heavy atom. The first kappa shape index (κ1) is 16.9. The molecule has 0 bridgehead atoms. The van der Waals surface area contributed by atoms with E-state index in [1.165, 1.54) is 4.90 Å². The van der Waals surface area contributed by atoms with Crippen LogP contribution in [0, 0.1) is 11.8 Å². The van der Waals surface area contributed by atoms with Crippen molar-refractivity contribution in [3.05, 3.63) is 0 Å². The number of aliphatic carboxylic acids is 1. The number of carbonyl (C=O) groups is 2. The zero-order chi connectivity index (χ0) is 15.1. The van der Waals surface area contributed by atoms with Crippen LogP contribution >= 0.6 is 0 Å². The zero-order valence-electron chi connectivity index (χ0n) is 12.6. The van der Waals surface area contributed by atoms with Crippen LogP contribution in [0.2, 0.25) is 0 Å². The Labute approximate surface area is 120 Å². The highest BCUT2D eigenvalue weighted by Gasteiger charge is 2.36. The minimum absolute atomic E-state index is 0.00842. The molecule has 20 heavy (non-hydrogen) atoms. The maximum Gasteiger partial charge on any atom is 0.323 e. The standard InChI is InChI=1S/C14H26N2O4/c1-4-5-15-12-9-20-8-11(12)14(19)16(6-10(2)3)7-13(17)18/h10-12,15H,4-9H2,1-3H3,(H,17,18). The molecule has 0 aromatic heterocycles. The number of hydrogen-bond donors (Lipinski definition) is 2. The molecule has 0 aliphatic carbocycles. The first-order valence-corrected chi connectivity index (χ1v) is 7.27. The number of rotatable bonds is 8. The average molecular weight is 286 g/mol. The number of amides is 1. The molecule has 6 heteroatoms. The Kier molecular flexibility index (Phi) is 6.95. The molecule has 1 amide bonds. The average Bonchev–Trinajstić information content (AvgIpc) is 2.81. The van der Waals surface area contributed by atoms with Crippen molar-refractivity contribution in [1.82, 2.24) is 10.2 Å². The smallest absolute Gasteiger partial charge is 0.323 e. The quantitative estimate of drug-likeness (QED) is 0.682. The summed E-state index contributed by atoms with van der Waals surface area (Å²) in [5.74, 6) is -1.13. The second kappa shape index (κ2) is 8.21. The van der Waals surface area contributed by atoms with Gasteiger partial charge in [-0.2, -0.15) is 0 Å². The molecular weight excluding hydrogens is 260 g/mol. The first-order valence-electron chi connectivity index (χ1n) is 7.27. The molecule has 0 aromatic rings. The van der Waals surface area contributed by atoms with Crippen LogP contribution in [-0.4, -0.2) is 60.8 Å². The van der Waals surface area contributed by atoms with E-state index in [-0.39, 0.29) is 30.3 Å². The second-order valence-corrected chi connectivity index (χ2v) is 5.71. The summed E-state index contributed by atoms with van der Waals surface area (Å²) < 4.78 is 5.39. The van der Waals surface area contributed by atoms with Gasteiger partial charge in [0.05, 0.1) is 19.1 Å². The van der Waals surface area contributed by atoms with Crippen LogP contribution in [0.1, 0.15) is 27.2 Å². The maximum absolute atomic E-state index is 12.5. The molecule has 1 rings (SSSR count). The zero-order valence-corrected chi connectivity index (χ0v) is 12.6. The van der Waals surface area contributed by atoms with E-state index in [0.717, 1.165) is 13.0 Å². The lowest BCUT2D eigenvalue weighted by Gasteiger charge is -2.27. The predicted octanol–water partition coefficient (Wildman–Crippen LogP) is 0.570. The number of carboxylic acids is 1. The van der Waals surface area contributed by atoms with Crippen LogP contribution < -0.4 is 5.32 Å². The van der Waals surface area contributed by atoms with Gasteiger partial charge < -0.3 is 20.1 Å². The van der Waals surface area contributed by atoms with Crippen molar-refractivity contribution < 1.29 is 19.4 Å². The molecule has 1 fully saturated rings. The summed E-state index contributed by atoms with van der Waals surface area (Å²) in [6.07, 6.45) is 0.988. The molecule has 0 aromatic carbocycles. The molecule has 2 unspecified atom stereocenters. The fourth-order valence-corrected chi connectivity index (χ4v) is 2.40. The number of carboxylic acid groups (broad SMARTS) is 1. The van der Waals surface area contributed by atoms with E-state index < -0.39 is 5.97 Å². The molecule has 1 saturated heterocycles. The van der Waals surface area contributed by atoms with E-state index in [9.17, 15) is 9.59 Å². The summed E-state index contributed by atoms with van der Waals surface area (Å²) >= 11 is 0. The number of nitrogens with one attached hydrogen (secondary N) is 1. The summed E-state index contributed by atoms with van der Waals surface area (Å²) in [4.78, 5) is 24.9. The highest BCUT2D eigenvalue weighted by molar-refractivity contribution is 5.84. The monoisotopic (exact) mass is 286 g/mol. The normalized spacial score (nSPS) is 22.2. The topological polar surface area (TPSA) is 78.9 Å². The van der Waals surface area contributed by atoms with Gasteiger partial charge in [-0.05, 0) is 18.9 Å². The molecule has 0 saturated carbocycles. The fourth-order valence-electron chi connectivity index (χ4n) is 2.40. The van der Waals surface area contributed by atoms with Crippen molar-refractivity contribution in [1.29, 1.82) is 0 Å². The fraction of sp³-hybridized carbons (Fsp3) is 0.857. The highest BCUT2D eigenvalue weighted by Crippen LogP contribution is 2.17. The van der Waals surface area contributed by atoms with Crippen molar-refractivity contribution in [2.24, 2.45) is 11.8 Å². The number of ether oxygens (including phenoxy) is 1. The number of carbonyl (C=O) groups excluding carboxylic acids is 1. The predicted molar refractivity (Wildman–Crippen MR) is 75.4 cm³/mol. The van der Waals surface area contributed by atoms with Gasteiger partial charge in [-0.15, -0.1) is 0 Å². The van der Waals surface area contributed by atoms with Gasteiger partial charge in [0.15, 0.2) is 0 Å². The van der Waals surface area contributed by atoms with E-state index in [2.05, 4.69) is 12.2 Å². The van der Waals surface area contributed by atoms with Crippen molar-refractivity contribution in [3.8, 4) is 0 Å². The SMILES string of the molecule is CCCNC1COCC1C(=O)N(CC(=O)O)CC(C)C. The van der Waals surface area contributed by atoms with Crippen LogP contribution in [0.25, 0.3) is 0 Å². The minimum Gasteiger partial charge on any atom is -0.480 e. The molecule has 1 aliphatic rings. The minimum atomic E-state index is -0.976. The third kappa shape index (κ3) is 5.09. The van der Waals surface area contributed by atoms with Crippen LogP contribution in [0.4, 0.5) is 0 Å². The molecule has 2 atom stereocenters. The van der Waals surface area contributed by atoms with Gasteiger partial charge in [0.25, 0.3) is 0 Å². The van der Waals surface area contributed by atoms with E-state index in [0.29, 0.717) is 19.8 Å². The highest BCUT2D eigenvalue weighted by atomic mass is 16.5. The molecule has 2 N–H and O–H groups in total.